The van der Waals surface area contributed by atoms with Crippen molar-refractivity contribution < 1.29 is 9.18 Å². The topological polar surface area (TPSA) is 78.4 Å². The molecular weight excluding hydrogens is 448 g/mol. The SMILES string of the molecule is CCNC(=NCC(=O)Nc1cccc(F)c1)NCCc1ccccn1.I. The van der Waals surface area contributed by atoms with Gasteiger partial charge in [0.1, 0.15) is 12.4 Å². The number of aliphatic imine (C=N–C) groups is 1. The molecule has 8 heteroatoms. The maximum atomic E-state index is 13.1. The maximum Gasteiger partial charge on any atom is 0.246 e. The number of carbonyl (C=O) groups is 1. The maximum absolute atomic E-state index is 13.1. The highest BCUT2D eigenvalue weighted by Crippen LogP contribution is 2.08. The third-order valence-corrected chi connectivity index (χ3v) is 3.23. The van der Waals surface area contributed by atoms with Crippen molar-refractivity contribution in [1.29, 1.82) is 0 Å². The van der Waals surface area contributed by atoms with E-state index in [9.17, 15) is 9.18 Å². The van der Waals surface area contributed by atoms with Crippen LogP contribution in [0.25, 0.3) is 0 Å². The fraction of sp³-hybridized carbons (Fsp3) is 0.278. The molecule has 0 aliphatic heterocycles. The lowest BCUT2D eigenvalue weighted by Crippen LogP contribution is -2.39. The summed E-state index contributed by atoms with van der Waals surface area (Å²) >= 11 is 0. The summed E-state index contributed by atoms with van der Waals surface area (Å²) in [6.07, 6.45) is 2.51. The first-order chi connectivity index (χ1) is 12.2. The molecule has 1 amide bonds. The molecule has 0 aliphatic carbocycles. The van der Waals surface area contributed by atoms with Gasteiger partial charge in [-0.2, -0.15) is 0 Å². The van der Waals surface area contributed by atoms with Crippen molar-refractivity contribution in [3.63, 3.8) is 0 Å². The lowest BCUT2D eigenvalue weighted by atomic mass is 10.3. The van der Waals surface area contributed by atoms with Crippen LogP contribution in [0.5, 0.6) is 0 Å². The molecule has 0 atom stereocenters. The molecule has 6 nitrogen and oxygen atoms in total. The van der Waals surface area contributed by atoms with E-state index in [0.29, 0.717) is 24.7 Å². The molecule has 26 heavy (non-hydrogen) atoms. The second kappa shape index (κ2) is 12.2. The van der Waals surface area contributed by atoms with Gasteiger partial charge in [0, 0.05) is 37.1 Å². The second-order valence-corrected chi connectivity index (χ2v) is 5.25. The van der Waals surface area contributed by atoms with Crippen LogP contribution in [0.4, 0.5) is 10.1 Å². The van der Waals surface area contributed by atoms with Crippen molar-refractivity contribution in [2.75, 3.05) is 25.0 Å². The van der Waals surface area contributed by atoms with Crippen LogP contribution in [0.1, 0.15) is 12.6 Å². The van der Waals surface area contributed by atoms with Crippen molar-refractivity contribution in [3.05, 3.63) is 60.2 Å². The Morgan fingerprint density at radius 1 is 1.19 bits per heavy atom. The monoisotopic (exact) mass is 471 g/mol. The summed E-state index contributed by atoms with van der Waals surface area (Å²) < 4.78 is 13.1. The number of halogens is 2. The highest BCUT2D eigenvalue weighted by molar-refractivity contribution is 14.0. The Morgan fingerprint density at radius 3 is 2.73 bits per heavy atom. The molecule has 1 aromatic heterocycles. The Morgan fingerprint density at radius 2 is 2.04 bits per heavy atom. The minimum absolute atomic E-state index is 0. The summed E-state index contributed by atoms with van der Waals surface area (Å²) in [7, 11) is 0. The standard InChI is InChI=1S/C18H22FN5O.HI/c1-2-20-18(22-11-9-15-7-3-4-10-21-15)23-13-17(25)24-16-8-5-6-14(19)12-16;/h3-8,10,12H,2,9,11,13H2,1H3,(H,24,25)(H2,20,22,23);1H. The van der Waals surface area contributed by atoms with Gasteiger partial charge < -0.3 is 16.0 Å². The molecule has 1 aromatic carbocycles. The summed E-state index contributed by atoms with van der Waals surface area (Å²) in [6.45, 7) is 3.22. The van der Waals surface area contributed by atoms with E-state index in [2.05, 4.69) is 25.9 Å². The summed E-state index contributed by atoms with van der Waals surface area (Å²) in [5, 5.41) is 8.84. The van der Waals surface area contributed by atoms with Gasteiger partial charge in [0.05, 0.1) is 0 Å². The number of amides is 1. The predicted molar refractivity (Wildman–Crippen MR) is 112 cm³/mol. The van der Waals surface area contributed by atoms with Crippen molar-refractivity contribution in [3.8, 4) is 0 Å². The lowest BCUT2D eigenvalue weighted by molar-refractivity contribution is -0.114. The van der Waals surface area contributed by atoms with Crippen molar-refractivity contribution in [2.45, 2.75) is 13.3 Å². The first-order valence-electron chi connectivity index (χ1n) is 8.15. The molecule has 3 N–H and O–H groups in total. The van der Waals surface area contributed by atoms with Crippen LogP contribution in [-0.4, -0.2) is 36.5 Å². The summed E-state index contributed by atoms with van der Waals surface area (Å²) in [4.78, 5) is 20.4. The van der Waals surface area contributed by atoms with Gasteiger partial charge in [-0.15, -0.1) is 24.0 Å². The Labute approximate surface area is 169 Å². The fourth-order valence-electron chi connectivity index (χ4n) is 2.11. The van der Waals surface area contributed by atoms with E-state index >= 15 is 0 Å². The Hall–Kier alpha value is -2.23. The van der Waals surface area contributed by atoms with E-state index < -0.39 is 5.82 Å². The highest BCUT2D eigenvalue weighted by atomic mass is 127. The summed E-state index contributed by atoms with van der Waals surface area (Å²) in [5.74, 6) is -0.161. The summed E-state index contributed by atoms with van der Waals surface area (Å²) in [5.41, 5.74) is 1.39. The highest BCUT2D eigenvalue weighted by Gasteiger charge is 2.04. The molecule has 0 spiro atoms. The van der Waals surface area contributed by atoms with E-state index in [-0.39, 0.29) is 36.4 Å². The van der Waals surface area contributed by atoms with Crippen LogP contribution in [-0.2, 0) is 11.2 Å². The predicted octanol–water partition coefficient (Wildman–Crippen LogP) is 2.58. The molecule has 0 saturated carbocycles. The summed E-state index contributed by atoms with van der Waals surface area (Å²) in [6, 6.07) is 11.5. The molecule has 0 saturated heterocycles. The lowest BCUT2D eigenvalue weighted by Gasteiger charge is -2.11. The number of benzene rings is 1. The number of nitrogens with one attached hydrogen (secondary N) is 3. The minimum atomic E-state index is -0.397. The van der Waals surface area contributed by atoms with Gasteiger partial charge in [-0.1, -0.05) is 12.1 Å². The number of hydrogen-bond donors (Lipinski definition) is 3. The van der Waals surface area contributed by atoms with Gasteiger partial charge in [-0.05, 0) is 37.3 Å². The second-order valence-electron chi connectivity index (χ2n) is 5.25. The Balaban J connectivity index is 0.00000338. The third kappa shape index (κ3) is 8.24. The van der Waals surface area contributed by atoms with Gasteiger partial charge >= 0.3 is 0 Å². The number of guanidine groups is 1. The molecule has 2 aromatic rings. The van der Waals surface area contributed by atoms with Gasteiger partial charge in [0.2, 0.25) is 5.91 Å². The average molecular weight is 471 g/mol. The van der Waals surface area contributed by atoms with Crippen LogP contribution in [0.3, 0.4) is 0 Å². The molecule has 1 heterocycles. The van der Waals surface area contributed by atoms with Crippen LogP contribution in [0.15, 0.2) is 53.7 Å². The van der Waals surface area contributed by atoms with Crippen LogP contribution in [0, 0.1) is 5.82 Å². The molecule has 2 rings (SSSR count). The van der Waals surface area contributed by atoms with Gasteiger partial charge in [-0.3, -0.25) is 9.78 Å². The van der Waals surface area contributed by atoms with Crippen LogP contribution < -0.4 is 16.0 Å². The molecule has 140 valence electrons. The van der Waals surface area contributed by atoms with E-state index in [1.165, 1.54) is 18.2 Å². The number of rotatable bonds is 7. The van der Waals surface area contributed by atoms with Crippen molar-refractivity contribution in [2.24, 2.45) is 4.99 Å². The molecule has 0 bridgehead atoms. The van der Waals surface area contributed by atoms with Crippen molar-refractivity contribution in [1.82, 2.24) is 15.6 Å². The van der Waals surface area contributed by atoms with Crippen LogP contribution >= 0.6 is 24.0 Å². The number of aromatic nitrogens is 1. The van der Waals surface area contributed by atoms with E-state index in [0.717, 1.165) is 12.1 Å². The molecule has 0 radical (unpaired) electrons. The van der Waals surface area contributed by atoms with Gasteiger partial charge in [0.25, 0.3) is 0 Å². The number of carbonyl (C=O) groups excluding carboxylic acids is 1. The van der Waals surface area contributed by atoms with E-state index in [1.807, 2.05) is 25.1 Å². The zero-order valence-corrected chi connectivity index (χ0v) is 16.9. The normalized spacial score (nSPS) is 10.6. The molecular formula is C18H23FIN5O. The fourth-order valence-corrected chi connectivity index (χ4v) is 2.11. The first-order valence-corrected chi connectivity index (χ1v) is 8.15. The number of hydrogen-bond acceptors (Lipinski definition) is 3. The average Bonchev–Trinajstić information content (AvgIpc) is 2.60. The number of anilines is 1. The molecule has 0 unspecified atom stereocenters. The largest absolute Gasteiger partial charge is 0.357 e. The molecule has 0 fully saturated rings. The zero-order valence-electron chi connectivity index (χ0n) is 14.5. The first kappa shape index (κ1) is 21.8. The number of pyridine rings is 1. The zero-order chi connectivity index (χ0) is 17.9. The van der Waals surface area contributed by atoms with Crippen LogP contribution in [0.2, 0.25) is 0 Å². The Bertz CT molecular complexity index is 712. The van der Waals surface area contributed by atoms with E-state index in [1.54, 1.807) is 12.3 Å². The minimum Gasteiger partial charge on any atom is -0.357 e. The smallest absolute Gasteiger partial charge is 0.246 e. The van der Waals surface area contributed by atoms with Crippen molar-refractivity contribution >= 4 is 41.5 Å². The van der Waals surface area contributed by atoms with Gasteiger partial charge in [0.15, 0.2) is 5.96 Å². The quantitative estimate of drug-likeness (QED) is 0.330. The van der Waals surface area contributed by atoms with Gasteiger partial charge in [-0.25, -0.2) is 9.38 Å². The Kier molecular flexibility index (Phi) is 10.2. The molecule has 0 aliphatic rings. The number of nitrogens with zero attached hydrogens (tertiary/aromatic N) is 2. The third-order valence-electron chi connectivity index (χ3n) is 3.23. The van der Waals surface area contributed by atoms with E-state index in [4.69, 9.17) is 0 Å².